The van der Waals surface area contributed by atoms with Gasteiger partial charge in [-0.15, -0.1) is 0 Å². The van der Waals surface area contributed by atoms with Crippen molar-refractivity contribution in [2.75, 3.05) is 11.5 Å². The van der Waals surface area contributed by atoms with Crippen LogP contribution in [0.5, 0.6) is 0 Å². The first-order valence-corrected chi connectivity index (χ1v) is 11.3. The Morgan fingerprint density at radius 1 is 1.22 bits per heavy atom. The topological polar surface area (TPSA) is 66.8 Å². The van der Waals surface area contributed by atoms with E-state index in [1.54, 1.807) is 0 Å². The lowest BCUT2D eigenvalue weighted by atomic mass is 9.93. The van der Waals surface area contributed by atoms with Crippen LogP contribution in [0.1, 0.15) is 39.5 Å². The number of hydrogen-bond acceptors (Lipinski definition) is 4. The van der Waals surface area contributed by atoms with Gasteiger partial charge in [0.25, 0.3) is 5.91 Å². The molecular formula is C16H24N2O3S2. The van der Waals surface area contributed by atoms with Gasteiger partial charge < -0.3 is 4.90 Å². The average Bonchev–Trinajstić information content (AvgIpc) is 3.17. The van der Waals surface area contributed by atoms with E-state index >= 15 is 0 Å². The maximum Gasteiger partial charge on any atom is 0.250 e. The van der Waals surface area contributed by atoms with Crippen LogP contribution in [0.25, 0.3) is 0 Å². The maximum absolute atomic E-state index is 12.1. The molecule has 0 aromatic carbocycles. The molecule has 1 amide bonds. The molecule has 2 aliphatic carbocycles. The summed E-state index contributed by atoms with van der Waals surface area (Å²) >= 11 is 1.53. The number of fused-ring (bicyclic) bond motifs is 3. The number of amides is 1. The van der Waals surface area contributed by atoms with E-state index in [2.05, 4.69) is 9.89 Å². The van der Waals surface area contributed by atoms with Gasteiger partial charge in [0.05, 0.1) is 17.5 Å². The highest BCUT2D eigenvalue weighted by Gasteiger charge is 2.54. The second kappa shape index (κ2) is 5.48. The van der Waals surface area contributed by atoms with Crippen LogP contribution in [0.2, 0.25) is 0 Å². The van der Waals surface area contributed by atoms with Gasteiger partial charge >= 0.3 is 0 Å². The van der Waals surface area contributed by atoms with Gasteiger partial charge in [0, 0.05) is 17.2 Å². The predicted molar refractivity (Wildman–Crippen MR) is 92.2 cm³/mol. The SMILES string of the molecule is CC(C)C(=O)N=C1S[C@@H]2CS(=O)(=O)C[C@@H]2N1[C@@H]1C[C@H]2CC[C@H]1C2. The largest absolute Gasteiger partial charge is 0.343 e. The minimum absolute atomic E-state index is 0.0214. The van der Waals surface area contributed by atoms with E-state index in [9.17, 15) is 13.2 Å². The second-order valence-electron chi connectivity index (χ2n) is 7.84. The molecule has 0 aromatic rings. The molecule has 4 aliphatic rings. The summed E-state index contributed by atoms with van der Waals surface area (Å²) in [6, 6.07) is 0.413. The molecule has 0 N–H and O–H groups in total. The van der Waals surface area contributed by atoms with E-state index in [1.807, 2.05) is 13.8 Å². The van der Waals surface area contributed by atoms with E-state index in [4.69, 9.17) is 0 Å². The third-order valence-corrected chi connectivity index (χ3v) is 9.09. The van der Waals surface area contributed by atoms with Crippen molar-refractivity contribution >= 4 is 32.7 Å². The lowest BCUT2D eigenvalue weighted by Gasteiger charge is -2.36. The van der Waals surface area contributed by atoms with Gasteiger partial charge in [0.1, 0.15) is 0 Å². The monoisotopic (exact) mass is 356 g/mol. The second-order valence-corrected chi connectivity index (χ2v) is 11.2. The van der Waals surface area contributed by atoms with Crippen LogP contribution in [0.4, 0.5) is 0 Å². The molecular weight excluding hydrogens is 332 g/mol. The molecule has 0 radical (unpaired) electrons. The molecule has 2 aliphatic heterocycles. The molecule has 2 heterocycles. The van der Waals surface area contributed by atoms with E-state index in [0.29, 0.717) is 12.0 Å². The Morgan fingerprint density at radius 3 is 2.61 bits per heavy atom. The quantitative estimate of drug-likeness (QED) is 0.756. The molecule has 5 atom stereocenters. The van der Waals surface area contributed by atoms with Crippen LogP contribution in [-0.4, -0.2) is 53.2 Å². The predicted octanol–water partition coefficient (Wildman–Crippen LogP) is 1.93. The molecule has 4 rings (SSSR count). The summed E-state index contributed by atoms with van der Waals surface area (Å²) in [6.07, 6.45) is 4.96. The average molecular weight is 357 g/mol. The Labute approximate surface area is 142 Å². The van der Waals surface area contributed by atoms with Gasteiger partial charge in [-0.25, -0.2) is 8.42 Å². The Kier molecular flexibility index (Phi) is 3.80. The molecule has 0 unspecified atom stereocenters. The van der Waals surface area contributed by atoms with E-state index in [1.165, 1.54) is 31.0 Å². The van der Waals surface area contributed by atoms with Gasteiger partial charge in [-0.1, -0.05) is 32.0 Å². The Hall–Kier alpha value is -0.560. The number of carbonyl (C=O) groups excluding carboxylic acids is 1. The molecule has 128 valence electrons. The van der Waals surface area contributed by atoms with Gasteiger partial charge in [0.2, 0.25) is 0 Å². The number of aliphatic imine (C=N–C) groups is 1. The number of sulfone groups is 1. The number of amidine groups is 1. The lowest BCUT2D eigenvalue weighted by Crippen LogP contribution is -2.47. The normalized spacial score (nSPS) is 42.8. The van der Waals surface area contributed by atoms with Gasteiger partial charge in [0.15, 0.2) is 15.0 Å². The first-order chi connectivity index (χ1) is 10.8. The van der Waals surface area contributed by atoms with Gasteiger partial charge in [-0.2, -0.15) is 4.99 Å². The zero-order chi connectivity index (χ0) is 16.4. The highest BCUT2D eigenvalue weighted by molar-refractivity contribution is 8.15. The van der Waals surface area contributed by atoms with E-state index < -0.39 is 9.84 Å². The fraction of sp³-hybridized carbons (Fsp3) is 0.875. The molecule has 2 saturated heterocycles. The molecule has 23 heavy (non-hydrogen) atoms. The Morgan fingerprint density at radius 2 is 2.00 bits per heavy atom. The summed E-state index contributed by atoms with van der Waals surface area (Å²) in [7, 11) is -2.95. The summed E-state index contributed by atoms with van der Waals surface area (Å²) in [4.78, 5) is 18.8. The third-order valence-electron chi connectivity index (χ3n) is 5.86. The van der Waals surface area contributed by atoms with Crippen molar-refractivity contribution in [1.82, 2.24) is 4.90 Å². The minimum Gasteiger partial charge on any atom is -0.343 e. The van der Waals surface area contributed by atoms with Crippen molar-refractivity contribution in [2.24, 2.45) is 22.7 Å². The van der Waals surface area contributed by atoms with Crippen LogP contribution in [0.15, 0.2) is 4.99 Å². The summed E-state index contributed by atoms with van der Waals surface area (Å²) in [6.45, 7) is 3.72. The van der Waals surface area contributed by atoms with Crippen molar-refractivity contribution in [3.05, 3.63) is 0 Å². The van der Waals surface area contributed by atoms with Crippen molar-refractivity contribution < 1.29 is 13.2 Å². The number of rotatable bonds is 2. The number of hydrogen-bond donors (Lipinski definition) is 0. The minimum atomic E-state index is -2.95. The molecule has 0 spiro atoms. The van der Waals surface area contributed by atoms with Gasteiger partial charge in [-0.05, 0) is 31.1 Å². The molecule has 7 heteroatoms. The zero-order valence-corrected chi connectivity index (χ0v) is 15.3. The van der Waals surface area contributed by atoms with Crippen LogP contribution in [-0.2, 0) is 14.6 Å². The highest BCUT2D eigenvalue weighted by atomic mass is 32.2. The van der Waals surface area contributed by atoms with E-state index in [0.717, 1.165) is 17.5 Å². The van der Waals surface area contributed by atoms with Crippen LogP contribution in [0.3, 0.4) is 0 Å². The smallest absolute Gasteiger partial charge is 0.250 e. The fourth-order valence-corrected chi connectivity index (χ4v) is 8.73. The van der Waals surface area contributed by atoms with Crippen LogP contribution >= 0.6 is 11.8 Å². The molecule has 5 nitrogen and oxygen atoms in total. The molecule has 4 fully saturated rings. The standard InChI is InChI=1S/C16H24N2O3S2/c1-9(2)15(19)17-16-18(12-6-10-3-4-11(12)5-10)13-7-23(20,21)8-14(13)22-16/h9-14H,3-8H2,1-2H3/t10-,11-,12+,13-,14+/m0/s1. The Bertz CT molecular complexity index is 658. The first-order valence-electron chi connectivity index (χ1n) is 8.62. The van der Waals surface area contributed by atoms with E-state index in [-0.39, 0.29) is 34.6 Å². The lowest BCUT2D eigenvalue weighted by molar-refractivity contribution is -0.120. The summed E-state index contributed by atoms with van der Waals surface area (Å²) in [5.74, 6) is 1.69. The number of carbonyl (C=O) groups is 1. The summed E-state index contributed by atoms with van der Waals surface area (Å²) < 4.78 is 24.1. The zero-order valence-electron chi connectivity index (χ0n) is 13.6. The third kappa shape index (κ3) is 2.73. The van der Waals surface area contributed by atoms with Crippen molar-refractivity contribution in [2.45, 2.75) is 56.9 Å². The highest BCUT2D eigenvalue weighted by Crippen LogP contribution is 2.51. The first kappa shape index (κ1) is 15.9. The molecule has 2 saturated carbocycles. The van der Waals surface area contributed by atoms with Crippen LogP contribution in [0, 0.1) is 17.8 Å². The van der Waals surface area contributed by atoms with Gasteiger partial charge in [-0.3, -0.25) is 4.79 Å². The van der Waals surface area contributed by atoms with Crippen LogP contribution < -0.4 is 0 Å². The number of thioether (sulfide) groups is 1. The summed E-state index contributed by atoms with van der Waals surface area (Å²) in [5, 5.41) is 0.851. The van der Waals surface area contributed by atoms with Crippen molar-refractivity contribution in [3.8, 4) is 0 Å². The van der Waals surface area contributed by atoms with Crippen molar-refractivity contribution in [1.29, 1.82) is 0 Å². The maximum atomic E-state index is 12.1. The van der Waals surface area contributed by atoms with Crippen molar-refractivity contribution in [3.63, 3.8) is 0 Å². The Balaban J connectivity index is 1.66. The molecule has 0 aromatic heterocycles. The number of nitrogens with zero attached hydrogens (tertiary/aromatic N) is 2. The fourth-order valence-electron chi connectivity index (χ4n) is 4.75. The summed E-state index contributed by atoms with van der Waals surface area (Å²) in [5.41, 5.74) is 0. The molecule has 2 bridgehead atoms.